The number of hydrogen-bond acceptors (Lipinski definition) is 6. The standard InChI is InChI=1S/C17H13N5O2/c1-9-4-5-12(23-9)13-11(7-18)16(19)24-17-14(13)15(21-22-17)10-3-2-6-20-8-10/h2-6,8,13H,19H2,1H3,(H,21,22)/t13-/m0/s1. The number of nitrogens with one attached hydrogen (secondary N) is 1. The van der Waals surface area contributed by atoms with Crippen LogP contribution in [0.2, 0.25) is 0 Å². The molecule has 0 bridgehead atoms. The Bertz CT molecular complexity index is 978. The lowest BCUT2D eigenvalue weighted by atomic mass is 9.87. The van der Waals surface area contributed by atoms with Crippen molar-refractivity contribution in [2.45, 2.75) is 12.8 Å². The van der Waals surface area contributed by atoms with Gasteiger partial charge in [0, 0.05) is 18.0 Å². The van der Waals surface area contributed by atoms with Gasteiger partial charge in [0.1, 0.15) is 23.2 Å². The largest absolute Gasteiger partial charge is 0.465 e. The smallest absolute Gasteiger partial charge is 0.244 e. The number of aryl methyl sites for hydroxylation is 1. The lowest BCUT2D eigenvalue weighted by Gasteiger charge is -2.22. The highest BCUT2D eigenvalue weighted by Crippen LogP contribution is 2.45. The summed E-state index contributed by atoms with van der Waals surface area (Å²) in [5.41, 5.74) is 8.47. The van der Waals surface area contributed by atoms with Gasteiger partial charge in [0.2, 0.25) is 11.8 Å². The molecule has 7 heteroatoms. The average molecular weight is 319 g/mol. The number of pyridine rings is 1. The molecule has 0 saturated heterocycles. The zero-order valence-corrected chi connectivity index (χ0v) is 12.8. The van der Waals surface area contributed by atoms with Crippen molar-refractivity contribution < 1.29 is 9.15 Å². The van der Waals surface area contributed by atoms with Crippen LogP contribution in [-0.2, 0) is 0 Å². The Balaban J connectivity index is 1.96. The quantitative estimate of drug-likeness (QED) is 0.750. The van der Waals surface area contributed by atoms with Gasteiger partial charge in [-0.05, 0) is 31.2 Å². The third-order valence-corrected chi connectivity index (χ3v) is 3.93. The molecule has 24 heavy (non-hydrogen) atoms. The van der Waals surface area contributed by atoms with E-state index in [1.165, 1.54) is 0 Å². The van der Waals surface area contributed by atoms with E-state index in [0.29, 0.717) is 22.8 Å². The molecule has 0 aliphatic carbocycles. The molecule has 0 radical (unpaired) electrons. The van der Waals surface area contributed by atoms with Crippen LogP contribution in [0, 0.1) is 18.3 Å². The molecular weight excluding hydrogens is 306 g/mol. The Kier molecular flexibility index (Phi) is 3.10. The van der Waals surface area contributed by atoms with Gasteiger partial charge in [-0.3, -0.25) is 10.1 Å². The van der Waals surface area contributed by atoms with Crippen molar-refractivity contribution in [3.8, 4) is 23.2 Å². The Morgan fingerprint density at radius 1 is 1.33 bits per heavy atom. The topological polar surface area (TPSA) is 114 Å². The molecule has 0 amide bonds. The van der Waals surface area contributed by atoms with Gasteiger partial charge in [-0.1, -0.05) is 0 Å². The van der Waals surface area contributed by atoms with Crippen LogP contribution < -0.4 is 10.5 Å². The van der Waals surface area contributed by atoms with Crippen LogP contribution in [0.15, 0.2) is 52.5 Å². The van der Waals surface area contributed by atoms with Gasteiger partial charge in [0.25, 0.3) is 0 Å². The van der Waals surface area contributed by atoms with E-state index in [-0.39, 0.29) is 5.88 Å². The molecule has 4 rings (SSSR count). The van der Waals surface area contributed by atoms with Gasteiger partial charge >= 0.3 is 0 Å². The van der Waals surface area contributed by atoms with E-state index in [9.17, 15) is 5.26 Å². The number of ether oxygens (including phenoxy) is 1. The van der Waals surface area contributed by atoms with E-state index >= 15 is 0 Å². The molecule has 0 saturated carbocycles. The lowest BCUT2D eigenvalue weighted by Crippen LogP contribution is -2.20. The fraction of sp³-hybridized carbons (Fsp3) is 0.118. The predicted molar refractivity (Wildman–Crippen MR) is 84.6 cm³/mol. The number of allylic oxidation sites excluding steroid dienone is 1. The molecule has 3 aromatic heterocycles. The van der Waals surface area contributed by atoms with Crippen LogP contribution in [0.5, 0.6) is 5.88 Å². The zero-order valence-electron chi connectivity index (χ0n) is 12.8. The van der Waals surface area contributed by atoms with Gasteiger partial charge in [-0.25, -0.2) is 0 Å². The highest BCUT2D eigenvalue weighted by molar-refractivity contribution is 5.69. The van der Waals surface area contributed by atoms with Gasteiger partial charge < -0.3 is 14.9 Å². The van der Waals surface area contributed by atoms with Crippen molar-refractivity contribution in [3.05, 3.63) is 65.2 Å². The first kappa shape index (κ1) is 14.1. The number of aromatic amines is 1. The first-order valence-corrected chi connectivity index (χ1v) is 7.31. The van der Waals surface area contributed by atoms with E-state index in [2.05, 4.69) is 21.3 Å². The zero-order chi connectivity index (χ0) is 16.7. The summed E-state index contributed by atoms with van der Waals surface area (Å²) in [6.45, 7) is 1.85. The second-order valence-corrected chi connectivity index (χ2v) is 5.43. The Hall–Kier alpha value is -3.53. The van der Waals surface area contributed by atoms with Gasteiger partial charge in [0.15, 0.2) is 0 Å². The highest BCUT2D eigenvalue weighted by atomic mass is 16.5. The molecule has 0 unspecified atom stereocenters. The van der Waals surface area contributed by atoms with Gasteiger partial charge in [-0.2, -0.15) is 5.26 Å². The Labute approximate surface area is 137 Å². The van der Waals surface area contributed by atoms with Crippen LogP contribution in [0.3, 0.4) is 0 Å². The molecule has 1 aliphatic heterocycles. The third kappa shape index (κ3) is 2.05. The highest BCUT2D eigenvalue weighted by Gasteiger charge is 2.37. The SMILES string of the molecule is Cc1ccc([C@@H]2C(C#N)=C(N)Oc3n[nH]c(-c4cccnc4)c32)o1. The van der Waals surface area contributed by atoms with Crippen molar-refractivity contribution in [2.24, 2.45) is 5.73 Å². The molecule has 0 fully saturated rings. The number of hydrogen-bond donors (Lipinski definition) is 2. The van der Waals surface area contributed by atoms with Crippen molar-refractivity contribution >= 4 is 0 Å². The maximum absolute atomic E-state index is 9.57. The van der Waals surface area contributed by atoms with Crippen molar-refractivity contribution in [1.29, 1.82) is 5.26 Å². The summed E-state index contributed by atoms with van der Waals surface area (Å²) < 4.78 is 11.3. The molecule has 4 heterocycles. The summed E-state index contributed by atoms with van der Waals surface area (Å²) in [5.74, 6) is 1.25. The molecule has 0 aromatic carbocycles. The van der Waals surface area contributed by atoms with E-state index in [1.54, 1.807) is 12.4 Å². The minimum atomic E-state index is -0.485. The van der Waals surface area contributed by atoms with Crippen LogP contribution in [0.4, 0.5) is 0 Å². The number of furan rings is 1. The van der Waals surface area contributed by atoms with Crippen molar-refractivity contribution in [3.63, 3.8) is 0 Å². The minimum absolute atomic E-state index is 0.0355. The molecule has 0 spiro atoms. The molecule has 3 aromatic rings. The molecule has 3 N–H and O–H groups in total. The number of nitrogens with two attached hydrogens (primary N) is 1. The monoisotopic (exact) mass is 319 g/mol. The molecule has 1 atom stereocenters. The first-order valence-electron chi connectivity index (χ1n) is 7.31. The van der Waals surface area contributed by atoms with Crippen molar-refractivity contribution in [2.75, 3.05) is 0 Å². The fourth-order valence-electron chi connectivity index (χ4n) is 2.87. The Morgan fingerprint density at radius 3 is 2.88 bits per heavy atom. The maximum Gasteiger partial charge on any atom is 0.244 e. The molecule has 7 nitrogen and oxygen atoms in total. The normalized spacial score (nSPS) is 16.4. The Morgan fingerprint density at radius 2 is 2.21 bits per heavy atom. The lowest BCUT2D eigenvalue weighted by molar-refractivity contribution is 0.369. The number of H-pyrrole nitrogens is 1. The number of fused-ring (bicyclic) bond motifs is 1. The summed E-state index contributed by atoms with van der Waals surface area (Å²) in [6, 6.07) is 9.54. The summed E-state index contributed by atoms with van der Waals surface area (Å²) in [6.07, 6.45) is 3.40. The van der Waals surface area contributed by atoms with Crippen LogP contribution >= 0.6 is 0 Å². The number of aromatic nitrogens is 3. The second kappa shape index (κ2) is 5.28. The van der Waals surface area contributed by atoms with Gasteiger partial charge in [-0.15, -0.1) is 5.10 Å². The third-order valence-electron chi connectivity index (χ3n) is 3.93. The van der Waals surface area contributed by atoms with Crippen LogP contribution in [-0.4, -0.2) is 15.2 Å². The number of rotatable bonds is 2. The van der Waals surface area contributed by atoms with Crippen LogP contribution in [0.25, 0.3) is 11.3 Å². The summed E-state index contributed by atoms with van der Waals surface area (Å²) >= 11 is 0. The minimum Gasteiger partial charge on any atom is -0.465 e. The fourth-order valence-corrected chi connectivity index (χ4v) is 2.87. The number of nitrogens with zero attached hydrogens (tertiary/aromatic N) is 3. The first-order chi connectivity index (χ1) is 11.7. The van der Waals surface area contributed by atoms with E-state index < -0.39 is 5.92 Å². The summed E-state index contributed by atoms with van der Waals surface area (Å²) in [7, 11) is 0. The molecular formula is C17H13N5O2. The average Bonchev–Trinajstić information content (AvgIpc) is 3.20. The van der Waals surface area contributed by atoms with E-state index in [0.717, 1.165) is 17.0 Å². The van der Waals surface area contributed by atoms with Crippen LogP contribution in [0.1, 0.15) is 23.0 Å². The van der Waals surface area contributed by atoms with Gasteiger partial charge in [0.05, 0.1) is 17.2 Å². The predicted octanol–water partition coefficient (Wildman–Crippen LogP) is 2.59. The maximum atomic E-state index is 9.57. The summed E-state index contributed by atoms with van der Waals surface area (Å²) in [4.78, 5) is 4.13. The molecule has 118 valence electrons. The van der Waals surface area contributed by atoms with E-state index in [1.807, 2.05) is 31.2 Å². The second-order valence-electron chi connectivity index (χ2n) is 5.43. The van der Waals surface area contributed by atoms with E-state index in [4.69, 9.17) is 14.9 Å². The number of nitriles is 1. The molecule has 1 aliphatic rings. The van der Waals surface area contributed by atoms with Crippen molar-refractivity contribution in [1.82, 2.24) is 15.2 Å². The summed E-state index contributed by atoms with van der Waals surface area (Å²) in [5, 5.41) is 16.7.